The molecule has 3 heteroatoms. The summed E-state index contributed by atoms with van der Waals surface area (Å²) in [4.78, 5) is 2.50. The van der Waals surface area contributed by atoms with Gasteiger partial charge < -0.3 is 14.7 Å². The van der Waals surface area contributed by atoms with Crippen molar-refractivity contribution in [1.82, 2.24) is 4.90 Å². The van der Waals surface area contributed by atoms with Crippen LogP contribution in [0.5, 0.6) is 0 Å². The van der Waals surface area contributed by atoms with E-state index in [1.54, 1.807) is 0 Å². The summed E-state index contributed by atoms with van der Waals surface area (Å²) in [5.74, 6) is 0.207. The Morgan fingerprint density at radius 1 is 1.18 bits per heavy atom. The molecule has 3 nitrogen and oxygen atoms in total. The van der Waals surface area contributed by atoms with Gasteiger partial charge in [-0.25, -0.2) is 0 Å². The van der Waals surface area contributed by atoms with Crippen molar-refractivity contribution in [3.8, 4) is 0 Å². The second-order valence-corrected chi connectivity index (χ2v) is 6.68. The standard InChI is InChI=1S/C14H27NO2/c1-6-15(10-7-8-10)9-11-12(16)14(4,5)17-13(11,2)3/h10-12,16H,6-9H2,1-5H3. The Kier molecular flexibility index (Phi) is 3.30. The second-order valence-electron chi connectivity index (χ2n) is 6.68. The van der Waals surface area contributed by atoms with Gasteiger partial charge in [-0.15, -0.1) is 0 Å². The lowest BCUT2D eigenvalue weighted by Gasteiger charge is -2.32. The molecule has 0 aromatic rings. The highest BCUT2D eigenvalue weighted by atomic mass is 16.5. The van der Waals surface area contributed by atoms with E-state index in [1.165, 1.54) is 12.8 Å². The van der Waals surface area contributed by atoms with E-state index in [0.29, 0.717) is 0 Å². The molecule has 1 heterocycles. The van der Waals surface area contributed by atoms with Crippen LogP contribution in [0.3, 0.4) is 0 Å². The van der Waals surface area contributed by atoms with E-state index in [2.05, 4.69) is 25.7 Å². The number of rotatable bonds is 4. The van der Waals surface area contributed by atoms with Gasteiger partial charge in [0, 0.05) is 18.5 Å². The average molecular weight is 241 g/mol. The SMILES string of the molecule is CCN(CC1C(O)C(C)(C)OC1(C)C)C1CC1. The van der Waals surface area contributed by atoms with Crippen molar-refractivity contribution < 1.29 is 9.84 Å². The fourth-order valence-electron chi connectivity index (χ4n) is 3.23. The van der Waals surface area contributed by atoms with Crippen molar-refractivity contribution in [3.05, 3.63) is 0 Å². The minimum absolute atomic E-state index is 0.207. The van der Waals surface area contributed by atoms with E-state index in [-0.39, 0.29) is 17.6 Å². The maximum Gasteiger partial charge on any atom is 0.0896 e. The monoisotopic (exact) mass is 241 g/mol. The van der Waals surface area contributed by atoms with Crippen molar-refractivity contribution in [2.75, 3.05) is 13.1 Å². The van der Waals surface area contributed by atoms with Crippen molar-refractivity contribution in [2.45, 2.75) is 70.8 Å². The molecular formula is C14H27NO2. The summed E-state index contributed by atoms with van der Waals surface area (Å²) in [5, 5.41) is 10.4. The summed E-state index contributed by atoms with van der Waals surface area (Å²) >= 11 is 0. The predicted molar refractivity (Wildman–Crippen MR) is 69.0 cm³/mol. The molecule has 2 atom stereocenters. The van der Waals surface area contributed by atoms with E-state index >= 15 is 0 Å². The first kappa shape index (κ1) is 13.3. The number of aliphatic hydroxyl groups is 1. The fraction of sp³-hybridized carbons (Fsp3) is 1.00. The summed E-state index contributed by atoms with van der Waals surface area (Å²) in [6.07, 6.45) is 2.27. The number of aliphatic hydroxyl groups excluding tert-OH is 1. The number of hydrogen-bond donors (Lipinski definition) is 1. The Morgan fingerprint density at radius 3 is 2.12 bits per heavy atom. The van der Waals surface area contributed by atoms with Gasteiger partial charge in [0.1, 0.15) is 0 Å². The average Bonchev–Trinajstić information content (AvgIpc) is 2.97. The zero-order valence-electron chi connectivity index (χ0n) is 11.9. The smallest absolute Gasteiger partial charge is 0.0896 e. The van der Waals surface area contributed by atoms with E-state index in [1.807, 2.05) is 13.8 Å². The normalized spacial score (nSPS) is 35.5. The van der Waals surface area contributed by atoms with Crippen LogP contribution in [-0.4, -0.2) is 46.4 Å². The van der Waals surface area contributed by atoms with Crippen LogP contribution in [0, 0.1) is 5.92 Å². The molecule has 1 saturated heterocycles. The van der Waals surface area contributed by atoms with Gasteiger partial charge in [-0.2, -0.15) is 0 Å². The molecule has 0 amide bonds. The molecule has 0 radical (unpaired) electrons. The van der Waals surface area contributed by atoms with Crippen LogP contribution in [0.2, 0.25) is 0 Å². The molecular weight excluding hydrogens is 214 g/mol. The maximum absolute atomic E-state index is 10.4. The Labute approximate surface area is 105 Å². The first-order chi connectivity index (χ1) is 7.78. The van der Waals surface area contributed by atoms with Gasteiger partial charge in [-0.3, -0.25) is 0 Å². The maximum atomic E-state index is 10.4. The Hall–Kier alpha value is -0.120. The summed E-state index contributed by atoms with van der Waals surface area (Å²) < 4.78 is 6.03. The van der Waals surface area contributed by atoms with E-state index in [4.69, 9.17) is 4.74 Å². The van der Waals surface area contributed by atoms with Crippen LogP contribution in [0.4, 0.5) is 0 Å². The molecule has 1 aliphatic carbocycles. The van der Waals surface area contributed by atoms with Gasteiger partial charge in [0.25, 0.3) is 0 Å². The molecule has 1 aliphatic heterocycles. The Balaban J connectivity index is 2.08. The van der Waals surface area contributed by atoms with Gasteiger partial charge >= 0.3 is 0 Å². The Morgan fingerprint density at radius 2 is 1.76 bits per heavy atom. The summed E-state index contributed by atoms with van der Waals surface area (Å²) in [5.41, 5.74) is -0.650. The molecule has 100 valence electrons. The van der Waals surface area contributed by atoms with Crippen LogP contribution < -0.4 is 0 Å². The molecule has 0 aromatic carbocycles. The van der Waals surface area contributed by atoms with Crippen molar-refractivity contribution in [2.24, 2.45) is 5.92 Å². The van der Waals surface area contributed by atoms with Gasteiger partial charge in [0.05, 0.1) is 17.3 Å². The molecule has 2 fully saturated rings. The van der Waals surface area contributed by atoms with Crippen molar-refractivity contribution >= 4 is 0 Å². The highest BCUT2D eigenvalue weighted by Crippen LogP contribution is 2.43. The lowest BCUT2D eigenvalue weighted by atomic mass is 9.84. The molecule has 1 N–H and O–H groups in total. The quantitative estimate of drug-likeness (QED) is 0.817. The van der Waals surface area contributed by atoms with E-state index < -0.39 is 5.60 Å². The van der Waals surface area contributed by atoms with E-state index in [0.717, 1.165) is 19.1 Å². The number of nitrogens with zero attached hydrogens (tertiary/aromatic N) is 1. The molecule has 1 saturated carbocycles. The minimum atomic E-state index is -0.420. The first-order valence-corrected chi connectivity index (χ1v) is 6.90. The summed E-state index contributed by atoms with van der Waals surface area (Å²) in [6.45, 7) is 12.4. The number of hydrogen-bond acceptors (Lipinski definition) is 3. The first-order valence-electron chi connectivity index (χ1n) is 6.90. The molecule has 2 unspecified atom stereocenters. The van der Waals surface area contributed by atoms with Crippen LogP contribution in [0.15, 0.2) is 0 Å². The lowest BCUT2D eigenvalue weighted by molar-refractivity contribution is -0.0913. The zero-order valence-corrected chi connectivity index (χ0v) is 11.9. The topological polar surface area (TPSA) is 32.7 Å². The molecule has 0 aromatic heterocycles. The largest absolute Gasteiger partial charge is 0.390 e. The third kappa shape index (κ3) is 2.51. The van der Waals surface area contributed by atoms with Gasteiger partial charge in [0.2, 0.25) is 0 Å². The Bertz CT molecular complexity index is 284. The van der Waals surface area contributed by atoms with Crippen molar-refractivity contribution in [3.63, 3.8) is 0 Å². The summed E-state index contributed by atoms with van der Waals surface area (Å²) in [6, 6.07) is 0.756. The van der Waals surface area contributed by atoms with Crippen LogP contribution in [0.1, 0.15) is 47.5 Å². The van der Waals surface area contributed by atoms with Gasteiger partial charge in [-0.05, 0) is 47.1 Å². The van der Waals surface area contributed by atoms with Crippen LogP contribution >= 0.6 is 0 Å². The third-order valence-corrected chi connectivity index (χ3v) is 4.41. The zero-order chi connectivity index (χ0) is 12.8. The highest BCUT2D eigenvalue weighted by Gasteiger charge is 2.53. The second kappa shape index (κ2) is 4.22. The third-order valence-electron chi connectivity index (χ3n) is 4.41. The summed E-state index contributed by atoms with van der Waals surface area (Å²) in [7, 11) is 0. The van der Waals surface area contributed by atoms with Crippen molar-refractivity contribution in [1.29, 1.82) is 0 Å². The van der Waals surface area contributed by atoms with Crippen LogP contribution in [-0.2, 0) is 4.74 Å². The molecule has 0 bridgehead atoms. The lowest BCUT2D eigenvalue weighted by Crippen LogP contribution is -2.44. The molecule has 0 spiro atoms. The molecule has 2 aliphatic rings. The predicted octanol–water partition coefficient (Wildman–Crippen LogP) is 2.04. The van der Waals surface area contributed by atoms with Gasteiger partial charge in [0.15, 0.2) is 0 Å². The highest BCUT2D eigenvalue weighted by molar-refractivity contribution is 5.03. The number of ether oxygens (including phenoxy) is 1. The molecule has 2 rings (SSSR count). The van der Waals surface area contributed by atoms with Crippen LogP contribution in [0.25, 0.3) is 0 Å². The van der Waals surface area contributed by atoms with Gasteiger partial charge in [-0.1, -0.05) is 6.92 Å². The fourth-order valence-corrected chi connectivity index (χ4v) is 3.23. The minimum Gasteiger partial charge on any atom is -0.390 e. The molecule has 17 heavy (non-hydrogen) atoms. The van der Waals surface area contributed by atoms with E-state index in [9.17, 15) is 5.11 Å².